The van der Waals surface area contributed by atoms with Crippen LogP contribution in [0.25, 0.3) is 5.69 Å². The molecule has 0 saturated heterocycles. The van der Waals surface area contributed by atoms with Gasteiger partial charge in [-0.3, -0.25) is 0 Å². The van der Waals surface area contributed by atoms with Crippen LogP contribution in [0, 0.1) is 6.92 Å². The predicted molar refractivity (Wildman–Crippen MR) is 80.7 cm³/mol. The largest absolute Gasteiger partial charge is 0.458 e. The fourth-order valence-electron chi connectivity index (χ4n) is 2.03. The lowest BCUT2D eigenvalue weighted by Crippen LogP contribution is -2.13. The molecule has 0 saturated carbocycles. The highest BCUT2D eigenvalue weighted by Gasteiger charge is 2.19. The summed E-state index contributed by atoms with van der Waals surface area (Å²) in [6.45, 7) is 9.73. The number of hydrogen-bond donors (Lipinski definition) is 0. The van der Waals surface area contributed by atoms with Crippen molar-refractivity contribution in [3.05, 3.63) is 41.2 Å². The minimum absolute atomic E-state index is 0.174. The third kappa shape index (κ3) is 3.29. The van der Waals surface area contributed by atoms with Gasteiger partial charge in [-0.15, -0.1) is 5.10 Å². The Hall–Kier alpha value is -2.17. The molecule has 21 heavy (non-hydrogen) atoms. The van der Waals surface area contributed by atoms with Crippen molar-refractivity contribution in [3.63, 3.8) is 0 Å². The lowest BCUT2D eigenvalue weighted by molar-refractivity contribution is 0.0370. The van der Waals surface area contributed by atoms with Gasteiger partial charge in [0.2, 0.25) is 0 Å². The van der Waals surface area contributed by atoms with Crippen molar-refractivity contribution < 1.29 is 9.53 Å². The van der Waals surface area contributed by atoms with Gasteiger partial charge in [-0.25, -0.2) is 9.48 Å². The molecule has 112 valence electrons. The summed E-state index contributed by atoms with van der Waals surface area (Å²) in [7, 11) is 0. The average molecular weight is 287 g/mol. The van der Waals surface area contributed by atoms with Crippen molar-refractivity contribution in [2.24, 2.45) is 0 Å². The van der Waals surface area contributed by atoms with Crippen molar-refractivity contribution in [2.75, 3.05) is 0 Å². The average Bonchev–Trinajstić information content (AvgIpc) is 2.80. The molecule has 0 aliphatic carbocycles. The van der Waals surface area contributed by atoms with Gasteiger partial charge in [-0.2, -0.15) is 0 Å². The van der Waals surface area contributed by atoms with Gasteiger partial charge in [0, 0.05) is 0 Å². The van der Waals surface area contributed by atoms with E-state index in [0.29, 0.717) is 11.6 Å². The van der Waals surface area contributed by atoms with Gasteiger partial charge in [-0.1, -0.05) is 31.2 Å². The molecule has 2 aromatic rings. The molecule has 2 rings (SSSR count). The zero-order valence-corrected chi connectivity index (χ0v) is 13.1. The van der Waals surface area contributed by atoms with Crippen LogP contribution in [0.2, 0.25) is 0 Å². The number of rotatable bonds is 4. The molecule has 5 nitrogen and oxygen atoms in total. The molecule has 0 atom stereocenters. The Morgan fingerprint density at radius 1 is 1.14 bits per heavy atom. The maximum atomic E-state index is 11.9. The molecule has 1 heterocycles. The Morgan fingerprint density at radius 3 is 2.29 bits per heavy atom. The van der Waals surface area contributed by atoms with Gasteiger partial charge in [0.15, 0.2) is 5.69 Å². The Morgan fingerprint density at radius 2 is 1.76 bits per heavy atom. The predicted octanol–water partition coefficient (Wildman–Crippen LogP) is 3.26. The van der Waals surface area contributed by atoms with Crippen LogP contribution < -0.4 is 0 Å². The molecule has 0 spiro atoms. The van der Waals surface area contributed by atoms with Crippen molar-refractivity contribution in [1.82, 2.24) is 15.0 Å². The molecule has 0 amide bonds. The fourth-order valence-corrected chi connectivity index (χ4v) is 2.03. The number of carbonyl (C=O) groups excluding carboxylic acids is 1. The molecule has 0 fully saturated rings. The minimum atomic E-state index is -0.437. The van der Waals surface area contributed by atoms with Gasteiger partial charge in [-0.05, 0) is 44.4 Å². The van der Waals surface area contributed by atoms with Gasteiger partial charge < -0.3 is 4.74 Å². The summed E-state index contributed by atoms with van der Waals surface area (Å²) in [6.07, 6.45) is -0.174. The zero-order chi connectivity index (χ0) is 15.6. The Kier molecular flexibility index (Phi) is 4.40. The van der Waals surface area contributed by atoms with E-state index in [0.717, 1.165) is 5.69 Å². The molecule has 0 bridgehead atoms. The third-order valence-electron chi connectivity index (χ3n) is 3.23. The van der Waals surface area contributed by atoms with E-state index < -0.39 is 5.97 Å². The van der Waals surface area contributed by atoms with Crippen molar-refractivity contribution >= 4 is 5.97 Å². The van der Waals surface area contributed by atoms with Crippen LogP contribution in [0.3, 0.4) is 0 Å². The smallest absolute Gasteiger partial charge is 0.361 e. The van der Waals surface area contributed by atoms with Crippen LogP contribution in [0.5, 0.6) is 0 Å². The second-order valence-corrected chi connectivity index (χ2v) is 5.64. The molecule has 1 aromatic heterocycles. The van der Waals surface area contributed by atoms with Gasteiger partial charge in [0.1, 0.15) is 0 Å². The Balaban J connectivity index is 2.29. The second kappa shape index (κ2) is 6.08. The van der Waals surface area contributed by atoms with Crippen molar-refractivity contribution in [1.29, 1.82) is 0 Å². The first-order valence-electron chi connectivity index (χ1n) is 7.13. The lowest BCUT2D eigenvalue weighted by Gasteiger charge is -2.08. The highest BCUT2D eigenvalue weighted by Crippen LogP contribution is 2.18. The first kappa shape index (κ1) is 15.2. The van der Waals surface area contributed by atoms with E-state index >= 15 is 0 Å². The van der Waals surface area contributed by atoms with E-state index in [9.17, 15) is 4.79 Å². The van der Waals surface area contributed by atoms with E-state index in [4.69, 9.17) is 4.74 Å². The van der Waals surface area contributed by atoms with Crippen LogP contribution >= 0.6 is 0 Å². The van der Waals surface area contributed by atoms with Crippen LogP contribution in [-0.2, 0) is 4.74 Å². The number of carbonyl (C=O) groups is 1. The van der Waals surface area contributed by atoms with Crippen molar-refractivity contribution in [2.45, 2.75) is 46.6 Å². The summed E-state index contributed by atoms with van der Waals surface area (Å²) in [5.41, 5.74) is 3.08. The Bertz CT molecular complexity index is 627. The van der Waals surface area contributed by atoms with Gasteiger partial charge >= 0.3 is 5.97 Å². The van der Waals surface area contributed by atoms with Crippen LogP contribution in [-0.4, -0.2) is 27.1 Å². The summed E-state index contributed by atoms with van der Waals surface area (Å²) < 4.78 is 6.82. The zero-order valence-electron chi connectivity index (χ0n) is 13.1. The number of ether oxygens (including phenoxy) is 1. The van der Waals surface area contributed by atoms with Gasteiger partial charge in [0.05, 0.1) is 17.5 Å². The topological polar surface area (TPSA) is 57.0 Å². The standard InChI is InChI=1S/C16H21N3O2/c1-10(2)13-6-8-14(9-7-13)19-12(5)15(17-18-19)16(20)21-11(3)4/h6-11H,1-5H3. The molecular formula is C16H21N3O2. The molecule has 0 unspecified atom stereocenters. The van der Waals surface area contributed by atoms with Crippen LogP contribution in [0.1, 0.15) is 55.4 Å². The third-order valence-corrected chi connectivity index (χ3v) is 3.23. The number of benzene rings is 1. The van der Waals surface area contributed by atoms with E-state index in [2.05, 4.69) is 36.3 Å². The highest BCUT2D eigenvalue weighted by molar-refractivity contribution is 5.88. The molecule has 0 aliphatic heterocycles. The first-order chi connectivity index (χ1) is 9.90. The normalized spacial score (nSPS) is 11.2. The number of nitrogens with zero attached hydrogens (tertiary/aromatic N) is 3. The maximum Gasteiger partial charge on any atom is 0.361 e. The second-order valence-electron chi connectivity index (χ2n) is 5.64. The van der Waals surface area contributed by atoms with E-state index in [1.807, 2.05) is 32.9 Å². The van der Waals surface area contributed by atoms with E-state index in [-0.39, 0.29) is 11.8 Å². The molecule has 0 N–H and O–H groups in total. The van der Waals surface area contributed by atoms with Crippen LogP contribution in [0.15, 0.2) is 24.3 Å². The van der Waals surface area contributed by atoms with Gasteiger partial charge in [0.25, 0.3) is 0 Å². The first-order valence-corrected chi connectivity index (χ1v) is 7.13. The summed E-state index contributed by atoms with van der Waals surface area (Å²) in [6, 6.07) is 8.09. The number of aromatic nitrogens is 3. The minimum Gasteiger partial charge on any atom is -0.458 e. The number of esters is 1. The van der Waals surface area contributed by atoms with Crippen molar-refractivity contribution in [3.8, 4) is 5.69 Å². The van der Waals surface area contributed by atoms with Crippen LogP contribution in [0.4, 0.5) is 0 Å². The van der Waals surface area contributed by atoms with E-state index in [1.165, 1.54) is 5.56 Å². The molecule has 1 aromatic carbocycles. The summed E-state index contributed by atoms with van der Waals surface area (Å²) in [5.74, 6) is 0.0417. The maximum absolute atomic E-state index is 11.9. The quantitative estimate of drug-likeness (QED) is 0.810. The lowest BCUT2D eigenvalue weighted by atomic mass is 10.0. The fraction of sp³-hybridized carbons (Fsp3) is 0.438. The summed E-state index contributed by atoms with van der Waals surface area (Å²) in [5, 5.41) is 8.00. The summed E-state index contributed by atoms with van der Waals surface area (Å²) >= 11 is 0. The molecule has 0 radical (unpaired) electrons. The Labute approximate surface area is 124 Å². The molecule has 0 aliphatic rings. The summed E-state index contributed by atoms with van der Waals surface area (Å²) in [4.78, 5) is 11.9. The highest BCUT2D eigenvalue weighted by atomic mass is 16.5. The molecule has 5 heteroatoms. The monoisotopic (exact) mass is 287 g/mol. The van der Waals surface area contributed by atoms with E-state index in [1.54, 1.807) is 4.68 Å². The number of hydrogen-bond acceptors (Lipinski definition) is 4. The SMILES string of the molecule is Cc1c(C(=O)OC(C)C)nnn1-c1ccc(C(C)C)cc1. The molecular weight excluding hydrogens is 266 g/mol.